The molecular weight excluding hydrogens is 394 g/mol. The highest BCUT2D eigenvalue weighted by Gasteiger charge is 2.00. The molecule has 30 heavy (non-hydrogen) atoms. The molecule has 11 heteroatoms. The number of hydrazone groups is 1. The van der Waals surface area contributed by atoms with Gasteiger partial charge in [-0.25, -0.2) is 24.8 Å². The van der Waals surface area contributed by atoms with Crippen LogP contribution >= 0.6 is 0 Å². The largest absolute Gasteiger partial charge is 0.494 e. The number of hydrogen-bond donors (Lipinski definition) is 5. The van der Waals surface area contributed by atoms with E-state index < -0.39 is 18.0 Å². The molecule has 11 nitrogen and oxygen atoms in total. The normalized spacial score (nSPS) is 10.8. The predicted octanol–water partition coefficient (Wildman–Crippen LogP) is 1.53. The van der Waals surface area contributed by atoms with E-state index in [2.05, 4.69) is 20.5 Å². The van der Waals surface area contributed by atoms with Crippen molar-refractivity contribution in [2.24, 2.45) is 10.8 Å². The number of carbonyl (C=O) groups is 3. The second-order valence-corrected chi connectivity index (χ2v) is 5.74. The molecule has 0 aliphatic carbocycles. The number of H-pyrrole nitrogens is 1. The Bertz CT molecular complexity index is 859. The fourth-order valence-corrected chi connectivity index (χ4v) is 2.01. The van der Waals surface area contributed by atoms with Gasteiger partial charge in [-0.15, -0.1) is 0 Å². The van der Waals surface area contributed by atoms with Crippen molar-refractivity contribution in [3.63, 3.8) is 0 Å². The number of nitrogens with two attached hydrogens (primary N) is 1. The van der Waals surface area contributed by atoms with Crippen molar-refractivity contribution in [1.82, 2.24) is 15.4 Å². The molecule has 1 aromatic carbocycles. The molecule has 0 fully saturated rings. The number of carboxylic acid groups (broad SMARTS) is 2. The first-order chi connectivity index (χ1) is 14.3. The van der Waals surface area contributed by atoms with Crippen LogP contribution in [-0.4, -0.2) is 50.5 Å². The zero-order valence-corrected chi connectivity index (χ0v) is 16.2. The maximum absolute atomic E-state index is 10.6. The SMILES string of the molecule is C/C(=N\NC(N)=O)c1ccc(OCCCc2cnc[nH]2)cc1.O=C(O)/C=C\C(=O)O. The number of imidazole rings is 1. The number of aromatic amines is 1. The average Bonchev–Trinajstić information content (AvgIpc) is 3.22. The van der Waals surface area contributed by atoms with E-state index in [4.69, 9.17) is 20.7 Å². The van der Waals surface area contributed by atoms with Crippen LogP contribution in [0.15, 0.2) is 54.0 Å². The Balaban J connectivity index is 0.000000479. The molecule has 0 unspecified atom stereocenters. The fraction of sp³-hybridized carbons (Fsp3) is 0.211. The highest BCUT2D eigenvalue weighted by molar-refractivity contribution is 5.99. The molecule has 6 N–H and O–H groups in total. The van der Waals surface area contributed by atoms with Gasteiger partial charge < -0.3 is 25.7 Å². The first-order valence-electron chi connectivity index (χ1n) is 8.72. The van der Waals surface area contributed by atoms with Crippen LogP contribution in [0.5, 0.6) is 5.75 Å². The number of nitrogens with one attached hydrogen (secondary N) is 2. The zero-order chi connectivity index (χ0) is 22.4. The van der Waals surface area contributed by atoms with Crippen LogP contribution < -0.4 is 15.9 Å². The van der Waals surface area contributed by atoms with Crippen LogP contribution in [0.4, 0.5) is 4.79 Å². The Kier molecular flexibility index (Phi) is 10.4. The number of nitrogens with zero attached hydrogens (tertiary/aromatic N) is 2. The molecular formula is C19H23N5O6. The minimum atomic E-state index is -1.26. The summed E-state index contributed by atoms with van der Waals surface area (Å²) in [7, 11) is 0. The molecule has 0 radical (unpaired) electrons. The molecule has 0 spiro atoms. The molecule has 0 aliphatic heterocycles. The third kappa shape index (κ3) is 10.9. The van der Waals surface area contributed by atoms with Crippen molar-refractivity contribution in [2.45, 2.75) is 19.8 Å². The van der Waals surface area contributed by atoms with Crippen LogP contribution in [-0.2, 0) is 16.0 Å². The van der Waals surface area contributed by atoms with Crippen LogP contribution in [0, 0.1) is 0 Å². The molecule has 160 valence electrons. The third-order valence-electron chi connectivity index (χ3n) is 3.39. The molecule has 2 aromatic rings. The van der Waals surface area contributed by atoms with E-state index in [9.17, 15) is 14.4 Å². The van der Waals surface area contributed by atoms with Crippen LogP contribution in [0.3, 0.4) is 0 Å². The maximum atomic E-state index is 10.6. The number of amides is 2. The highest BCUT2D eigenvalue weighted by Crippen LogP contribution is 2.13. The highest BCUT2D eigenvalue weighted by atomic mass is 16.5. The van der Waals surface area contributed by atoms with Gasteiger partial charge in [0.1, 0.15) is 5.75 Å². The Morgan fingerprint density at radius 1 is 1.20 bits per heavy atom. The number of benzene rings is 1. The van der Waals surface area contributed by atoms with Gasteiger partial charge in [-0.3, -0.25) is 0 Å². The molecule has 0 saturated heterocycles. The summed E-state index contributed by atoms with van der Waals surface area (Å²) in [6, 6.07) is 6.82. The standard InChI is InChI=1S/C15H19N5O2.C4H4O4/c1-11(19-20-15(16)21)12-4-6-14(7-5-12)22-8-2-3-13-9-17-10-18-13;5-3(6)1-2-4(7)8/h4-7,9-10H,2-3,8H2,1H3,(H,17,18)(H3,16,20,21);1-2H,(H,5,6)(H,7,8)/b19-11+;2-1-. The van der Waals surface area contributed by atoms with E-state index in [1.807, 2.05) is 30.5 Å². The average molecular weight is 417 g/mol. The molecule has 2 rings (SSSR count). The number of carbonyl (C=O) groups excluding carboxylic acids is 1. The summed E-state index contributed by atoms with van der Waals surface area (Å²) in [6.45, 7) is 2.42. The maximum Gasteiger partial charge on any atom is 0.332 e. The number of urea groups is 1. The lowest BCUT2D eigenvalue weighted by atomic mass is 10.1. The molecule has 0 bridgehead atoms. The lowest BCUT2D eigenvalue weighted by Gasteiger charge is -2.07. The predicted molar refractivity (Wildman–Crippen MR) is 108 cm³/mol. The summed E-state index contributed by atoms with van der Waals surface area (Å²) in [5.74, 6) is -1.72. The second-order valence-electron chi connectivity index (χ2n) is 5.74. The first-order valence-corrected chi connectivity index (χ1v) is 8.72. The summed E-state index contributed by atoms with van der Waals surface area (Å²) in [6.07, 6.45) is 6.42. The Labute approximate surface area is 172 Å². The van der Waals surface area contributed by atoms with Crippen LogP contribution in [0.1, 0.15) is 24.6 Å². The van der Waals surface area contributed by atoms with Crippen molar-refractivity contribution >= 4 is 23.7 Å². The van der Waals surface area contributed by atoms with Crippen molar-refractivity contribution in [2.75, 3.05) is 6.61 Å². The molecule has 1 heterocycles. The number of rotatable bonds is 9. The van der Waals surface area contributed by atoms with Gasteiger partial charge in [-0.1, -0.05) is 0 Å². The fourth-order valence-electron chi connectivity index (χ4n) is 2.01. The Morgan fingerprint density at radius 2 is 1.83 bits per heavy atom. The summed E-state index contributed by atoms with van der Waals surface area (Å²) in [4.78, 5) is 36.7. The monoisotopic (exact) mass is 417 g/mol. The molecule has 0 aliphatic rings. The molecule has 1 aromatic heterocycles. The van der Waals surface area contributed by atoms with E-state index >= 15 is 0 Å². The van der Waals surface area contributed by atoms with Crippen molar-refractivity contribution in [3.05, 3.63) is 60.2 Å². The third-order valence-corrected chi connectivity index (χ3v) is 3.39. The van der Waals surface area contributed by atoms with E-state index in [0.29, 0.717) is 24.5 Å². The Hall–Kier alpha value is -4.15. The van der Waals surface area contributed by atoms with Gasteiger partial charge in [0.2, 0.25) is 0 Å². The van der Waals surface area contributed by atoms with Crippen molar-refractivity contribution in [1.29, 1.82) is 0 Å². The van der Waals surface area contributed by atoms with Crippen LogP contribution in [0.25, 0.3) is 0 Å². The van der Waals surface area contributed by atoms with E-state index in [0.717, 1.165) is 29.8 Å². The van der Waals surface area contributed by atoms with Crippen molar-refractivity contribution in [3.8, 4) is 5.75 Å². The smallest absolute Gasteiger partial charge is 0.332 e. The quantitative estimate of drug-likeness (QED) is 0.177. The minimum absolute atomic E-state index is 0.558. The number of ether oxygens (including phenoxy) is 1. The summed E-state index contributed by atoms with van der Waals surface area (Å²) in [5.41, 5.74) is 9.83. The lowest BCUT2D eigenvalue weighted by Crippen LogP contribution is -2.25. The van der Waals surface area contributed by atoms with E-state index in [1.165, 1.54) is 0 Å². The second kappa shape index (κ2) is 13.1. The van der Waals surface area contributed by atoms with Gasteiger partial charge in [0, 0.05) is 24.0 Å². The number of hydrogen-bond acceptors (Lipinski definition) is 6. The number of primary amides is 1. The Morgan fingerprint density at radius 3 is 2.33 bits per heavy atom. The van der Waals surface area contributed by atoms with Gasteiger partial charge >= 0.3 is 18.0 Å². The summed E-state index contributed by atoms with van der Waals surface area (Å²) in [5, 5.41) is 19.5. The lowest BCUT2D eigenvalue weighted by molar-refractivity contribution is -0.134. The van der Waals surface area contributed by atoms with Gasteiger partial charge in [0.05, 0.1) is 18.6 Å². The molecule has 0 atom stereocenters. The minimum Gasteiger partial charge on any atom is -0.494 e. The van der Waals surface area contributed by atoms with Crippen molar-refractivity contribution < 1.29 is 29.3 Å². The number of carboxylic acids is 2. The number of aryl methyl sites for hydroxylation is 1. The number of aliphatic carboxylic acids is 2. The molecule has 0 saturated carbocycles. The number of aromatic nitrogens is 2. The first kappa shape index (κ1) is 23.9. The van der Waals surface area contributed by atoms with E-state index in [1.54, 1.807) is 13.3 Å². The van der Waals surface area contributed by atoms with Gasteiger partial charge in [0.25, 0.3) is 0 Å². The van der Waals surface area contributed by atoms with E-state index in [-0.39, 0.29) is 0 Å². The zero-order valence-electron chi connectivity index (χ0n) is 16.2. The molecule has 2 amide bonds. The topological polar surface area (TPSA) is 180 Å². The summed E-state index contributed by atoms with van der Waals surface area (Å²) >= 11 is 0. The summed E-state index contributed by atoms with van der Waals surface area (Å²) < 4.78 is 5.67. The van der Waals surface area contributed by atoms with Crippen LogP contribution in [0.2, 0.25) is 0 Å². The van der Waals surface area contributed by atoms with Gasteiger partial charge in [-0.2, -0.15) is 5.10 Å². The van der Waals surface area contributed by atoms with Gasteiger partial charge in [0.15, 0.2) is 0 Å². The van der Waals surface area contributed by atoms with Gasteiger partial charge in [-0.05, 0) is 49.6 Å².